The van der Waals surface area contributed by atoms with Crippen LogP contribution in [0.1, 0.15) is 32.1 Å². The molecule has 1 aromatic rings. The van der Waals surface area contributed by atoms with Gasteiger partial charge in [-0.2, -0.15) is 13.2 Å². The fourth-order valence-electron chi connectivity index (χ4n) is 2.82. The topological polar surface area (TPSA) is 87.7 Å². The summed E-state index contributed by atoms with van der Waals surface area (Å²) < 4.78 is 54.9. The second-order valence-electron chi connectivity index (χ2n) is 6.34. The molecule has 0 spiro atoms. The van der Waals surface area contributed by atoms with Gasteiger partial charge in [0.05, 0.1) is 24.6 Å². The lowest BCUT2D eigenvalue weighted by atomic mass is 9.86. The van der Waals surface area contributed by atoms with Crippen LogP contribution in [0.2, 0.25) is 0 Å². The van der Waals surface area contributed by atoms with Gasteiger partial charge in [-0.05, 0) is 37.8 Å². The first-order chi connectivity index (χ1) is 12.6. The van der Waals surface area contributed by atoms with Crippen LogP contribution in [0.4, 0.5) is 28.0 Å². The molecular formula is C17H20F4N2O4. The minimum absolute atomic E-state index is 0.0373. The van der Waals surface area contributed by atoms with E-state index in [4.69, 9.17) is 9.84 Å². The number of nitrogens with one attached hydrogen (secondary N) is 2. The minimum Gasteiger partial charge on any atom is -0.491 e. The lowest BCUT2D eigenvalue weighted by Crippen LogP contribution is -2.41. The number of amides is 2. The number of hydrogen-bond acceptors (Lipinski definition) is 3. The summed E-state index contributed by atoms with van der Waals surface area (Å²) in [6, 6.07) is 2.30. The number of carbonyl (C=O) groups excluding carboxylic acids is 1. The Balaban J connectivity index is 1.90. The zero-order valence-electron chi connectivity index (χ0n) is 14.3. The van der Waals surface area contributed by atoms with Crippen LogP contribution in [0.25, 0.3) is 0 Å². The van der Waals surface area contributed by atoms with E-state index >= 15 is 0 Å². The largest absolute Gasteiger partial charge is 0.491 e. The Morgan fingerprint density at radius 3 is 2.44 bits per heavy atom. The molecule has 0 aromatic heterocycles. The van der Waals surface area contributed by atoms with Crippen molar-refractivity contribution in [2.75, 3.05) is 11.9 Å². The number of urea groups is 1. The highest BCUT2D eigenvalue weighted by atomic mass is 19.4. The normalized spacial score (nSPS) is 20.0. The highest BCUT2D eigenvalue weighted by Crippen LogP contribution is 2.28. The first-order valence-electron chi connectivity index (χ1n) is 8.43. The summed E-state index contributed by atoms with van der Waals surface area (Å²) in [5, 5.41) is 14.1. The van der Waals surface area contributed by atoms with Crippen LogP contribution in [0.15, 0.2) is 18.2 Å². The molecule has 1 aliphatic carbocycles. The van der Waals surface area contributed by atoms with Crippen LogP contribution in [0.5, 0.6) is 5.75 Å². The molecule has 0 saturated heterocycles. The molecule has 27 heavy (non-hydrogen) atoms. The summed E-state index contributed by atoms with van der Waals surface area (Å²) >= 11 is 0. The van der Waals surface area contributed by atoms with Crippen LogP contribution in [0, 0.1) is 11.7 Å². The van der Waals surface area contributed by atoms with E-state index in [9.17, 15) is 27.2 Å². The molecule has 0 heterocycles. The molecule has 150 valence electrons. The molecule has 0 bridgehead atoms. The maximum Gasteiger partial charge on any atom is 0.392 e. The average molecular weight is 392 g/mol. The van der Waals surface area contributed by atoms with E-state index in [1.54, 1.807) is 0 Å². The molecule has 1 saturated carbocycles. The average Bonchev–Trinajstić information content (AvgIpc) is 2.56. The maximum absolute atomic E-state index is 13.3. The highest BCUT2D eigenvalue weighted by molar-refractivity contribution is 5.91. The number of carboxylic acid groups (broad SMARTS) is 1. The van der Waals surface area contributed by atoms with Gasteiger partial charge in [0.25, 0.3) is 0 Å². The van der Waals surface area contributed by atoms with Crippen molar-refractivity contribution in [3.8, 4) is 5.75 Å². The fraction of sp³-hybridized carbons (Fsp3) is 0.529. The zero-order valence-corrected chi connectivity index (χ0v) is 14.3. The maximum atomic E-state index is 13.3. The lowest BCUT2D eigenvalue weighted by molar-refractivity contribution is -0.143. The van der Waals surface area contributed by atoms with E-state index in [2.05, 4.69) is 10.6 Å². The number of alkyl halides is 3. The third-order valence-corrected chi connectivity index (χ3v) is 4.25. The van der Waals surface area contributed by atoms with Crippen molar-refractivity contribution in [1.29, 1.82) is 0 Å². The van der Waals surface area contributed by atoms with Gasteiger partial charge in [-0.3, -0.25) is 4.79 Å². The molecule has 1 aliphatic rings. The molecule has 1 aromatic carbocycles. The van der Waals surface area contributed by atoms with Gasteiger partial charge in [0.15, 0.2) is 0 Å². The van der Waals surface area contributed by atoms with E-state index < -0.39 is 42.9 Å². The van der Waals surface area contributed by atoms with Crippen molar-refractivity contribution in [2.45, 2.75) is 44.3 Å². The second kappa shape index (κ2) is 8.92. The van der Waals surface area contributed by atoms with E-state index in [0.717, 1.165) is 12.1 Å². The Morgan fingerprint density at radius 2 is 1.85 bits per heavy atom. The number of aliphatic carboxylic acids is 1. The smallest absolute Gasteiger partial charge is 0.392 e. The van der Waals surface area contributed by atoms with Gasteiger partial charge in [-0.15, -0.1) is 0 Å². The Morgan fingerprint density at radius 1 is 1.19 bits per heavy atom. The number of halogens is 4. The number of benzene rings is 1. The van der Waals surface area contributed by atoms with Crippen LogP contribution >= 0.6 is 0 Å². The van der Waals surface area contributed by atoms with E-state index in [-0.39, 0.29) is 17.5 Å². The number of hydrogen-bond donors (Lipinski definition) is 3. The Kier molecular flexibility index (Phi) is 6.86. The molecule has 1 fully saturated rings. The van der Waals surface area contributed by atoms with Crippen LogP contribution in [0.3, 0.4) is 0 Å². The highest BCUT2D eigenvalue weighted by Gasteiger charge is 2.28. The van der Waals surface area contributed by atoms with E-state index in [0.29, 0.717) is 25.7 Å². The summed E-state index contributed by atoms with van der Waals surface area (Å²) in [4.78, 5) is 23.0. The van der Waals surface area contributed by atoms with Crippen LogP contribution < -0.4 is 15.4 Å². The minimum atomic E-state index is -4.41. The monoisotopic (exact) mass is 392 g/mol. The van der Waals surface area contributed by atoms with Gasteiger partial charge < -0.3 is 20.5 Å². The quantitative estimate of drug-likeness (QED) is 0.641. The third-order valence-electron chi connectivity index (χ3n) is 4.25. The SMILES string of the molecule is O=C(Nc1ccc(F)cc1OCCC(F)(F)F)NC1CCC(C(=O)O)CC1. The van der Waals surface area contributed by atoms with Gasteiger partial charge in [0.2, 0.25) is 0 Å². The van der Waals surface area contributed by atoms with Gasteiger partial charge in [0, 0.05) is 12.1 Å². The number of ether oxygens (including phenoxy) is 1. The van der Waals surface area contributed by atoms with Crippen molar-refractivity contribution >= 4 is 17.7 Å². The molecule has 2 rings (SSSR count). The third kappa shape index (κ3) is 6.95. The molecule has 0 atom stereocenters. The summed E-state index contributed by atoms with van der Waals surface area (Å²) in [5.74, 6) is -2.19. The van der Waals surface area contributed by atoms with Crippen molar-refractivity contribution in [3.05, 3.63) is 24.0 Å². The molecular weight excluding hydrogens is 372 g/mol. The Labute approximate surface area is 152 Å². The molecule has 10 heteroatoms. The molecule has 0 unspecified atom stereocenters. The zero-order chi connectivity index (χ0) is 20.0. The number of rotatable bonds is 6. The predicted octanol–water partition coefficient (Wildman–Crippen LogP) is 3.92. The van der Waals surface area contributed by atoms with Crippen LogP contribution in [-0.4, -0.2) is 35.9 Å². The van der Waals surface area contributed by atoms with Gasteiger partial charge in [-0.25, -0.2) is 9.18 Å². The molecule has 2 amide bonds. The molecule has 3 N–H and O–H groups in total. The van der Waals surface area contributed by atoms with Gasteiger partial charge >= 0.3 is 18.2 Å². The fourth-order valence-corrected chi connectivity index (χ4v) is 2.82. The Hall–Kier alpha value is -2.52. The number of anilines is 1. The number of carbonyl (C=O) groups is 2. The second-order valence-corrected chi connectivity index (χ2v) is 6.34. The molecule has 0 radical (unpaired) electrons. The lowest BCUT2D eigenvalue weighted by Gasteiger charge is -2.27. The number of carboxylic acids is 1. The van der Waals surface area contributed by atoms with Crippen molar-refractivity contribution in [3.63, 3.8) is 0 Å². The van der Waals surface area contributed by atoms with Gasteiger partial charge in [0.1, 0.15) is 11.6 Å². The first kappa shape index (κ1) is 20.8. The van der Waals surface area contributed by atoms with E-state index in [1.165, 1.54) is 6.07 Å². The predicted molar refractivity (Wildman–Crippen MR) is 88.1 cm³/mol. The van der Waals surface area contributed by atoms with Crippen molar-refractivity contribution in [2.24, 2.45) is 5.92 Å². The first-order valence-corrected chi connectivity index (χ1v) is 8.43. The summed E-state index contributed by atoms with van der Waals surface area (Å²) in [6.07, 6.45) is -3.72. The standard InChI is InChI=1S/C17H20F4N2O4/c18-11-3-6-13(14(9-11)27-8-7-17(19,20)21)23-16(26)22-12-4-1-10(2-5-12)15(24)25/h3,6,9-10,12H,1-2,4-5,7-8H2,(H,24,25)(H2,22,23,26). The van der Waals surface area contributed by atoms with E-state index in [1.807, 2.05) is 0 Å². The van der Waals surface area contributed by atoms with Gasteiger partial charge in [-0.1, -0.05) is 0 Å². The summed E-state index contributed by atoms with van der Waals surface area (Å²) in [7, 11) is 0. The molecule has 6 nitrogen and oxygen atoms in total. The Bertz CT molecular complexity index is 673. The summed E-state index contributed by atoms with van der Waals surface area (Å²) in [5.41, 5.74) is 0.0373. The summed E-state index contributed by atoms with van der Waals surface area (Å²) in [6.45, 7) is -0.706. The van der Waals surface area contributed by atoms with Crippen LogP contribution in [-0.2, 0) is 4.79 Å². The van der Waals surface area contributed by atoms with Crippen molar-refractivity contribution in [1.82, 2.24) is 5.32 Å². The molecule has 0 aliphatic heterocycles. The van der Waals surface area contributed by atoms with Crippen molar-refractivity contribution < 1.29 is 37.0 Å².